The Morgan fingerprint density at radius 2 is 2.16 bits per heavy atom. The number of methoxy groups -OCH3 is 1. The van der Waals surface area contributed by atoms with Crippen molar-refractivity contribution in [2.75, 3.05) is 31.6 Å². The van der Waals surface area contributed by atoms with E-state index in [4.69, 9.17) is 9.72 Å². The molecule has 1 atom stereocenters. The van der Waals surface area contributed by atoms with E-state index in [9.17, 15) is 9.59 Å². The maximum Gasteiger partial charge on any atom is 0.277 e. The zero-order chi connectivity index (χ0) is 21.4. The molecule has 0 spiro atoms. The Kier molecular flexibility index (Phi) is 5.40. The molecule has 0 unspecified atom stereocenters. The Morgan fingerprint density at radius 3 is 2.97 bits per heavy atom. The van der Waals surface area contributed by atoms with Crippen LogP contribution < -0.4 is 20.5 Å². The molecular formula is C23H26N4O3S. The fourth-order valence-corrected chi connectivity index (χ4v) is 4.94. The lowest BCUT2D eigenvalue weighted by molar-refractivity contribution is -0.125. The smallest absolute Gasteiger partial charge is 0.277 e. The highest BCUT2D eigenvalue weighted by Crippen LogP contribution is 2.29. The molecule has 5 rings (SSSR count). The zero-order valence-corrected chi connectivity index (χ0v) is 18.4. The van der Waals surface area contributed by atoms with Crippen molar-refractivity contribution in [1.82, 2.24) is 14.9 Å². The van der Waals surface area contributed by atoms with Gasteiger partial charge in [0.05, 0.1) is 24.2 Å². The van der Waals surface area contributed by atoms with Crippen molar-refractivity contribution in [3.8, 4) is 11.4 Å². The third-order valence-electron chi connectivity index (χ3n) is 6.11. The van der Waals surface area contributed by atoms with E-state index in [-0.39, 0.29) is 17.4 Å². The quantitative estimate of drug-likeness (QED) is 0.640. The van der Waals surface area contributed by atoms with Crippen molar-refractivity contribution >= 4 is 33.4 Å². The van der Waals surface area contributed by atoms with Gasteiger partial charge >= 0.3 is 0 Å². The Labute approximate surface area is 184 Å². The van der Waals surface area contributed by atoms with E-state index in [2.05, 4.69) is 10.2 Å². The number of benzene rings is 1. The first-order valence-corrected chi connectivity index (χ1v) is 11.7. The number of carbonyl (C=O) groups is 1. The number of fused-ring (bicyclic) bond motifs is 1. The molecule has 3 aromatic rings. The number of amides is 1. The number of rotatable bonds is 6. The first-order valence-electron chi connectivity index (χ1n) is 10.8. The monoisotopic (exact) mass is 438 g/mol. The van der Waals surface area contributed by atoms with Gasteiger partial charge in [0.15, 0.2) is 0 Å². The second kappa shape index (κ2) is 8.34. The minimum absolute atomic E-state index is 0.0939. The molecule has 1 saturated carbocycles. The SMILES string of the molecule is COc1cccc(-n2c(N3CCC[C@H](C(=O)NCC4CC4)C3)nc3ccsc3c2=O)c1. The Balaban J connectivity index is 1.52. The van der Waals surface area contributed by atoms with Gasteiger partial charge in [0, 0.05) is 25.7 Å². The highest BCUT2D eigenvalue weighted by molar-refractivity contribution is 7.17. The lowest BCUT2D eigenvalue weighted by Crippen LogP contribution is -2.45. The molecule has 8 heteroatoms. The Bertz CT molecular complexity index is 1170. The van der Waals surface area contributed by atoms with Crippen LogP contribution >= 0.6 is 11.3 Å². The van der Waals surface area contributed by atoms with Gasteiger partial charge in [0.2, 0.25) is 11.9 Å². The van der Waals surface area contributed by atoms with Crippen LogP contribution in [-0.4, -0.2) is 42.2 Å². The average molecular weight is 439 g/mol. The number of hydrogen-bond donors (Lipinski definition) is 1. The molecule has 1 saturated heterocycles. The van der Waals surface area contributed by atoms with Crippen molar-refractivity contribution in [1.29, 1.82) is 0 Å². The molecule has 1 N–H and O–H groups in total. The van der Waals surface area contributed by atoms with Crippen LogP contribution in [0, 0.1) is 11.8 Å². The molecule has 0 radical (unpaired) electrons. The number of nitrogens with one attached hydrogen (secondary N) is 1. The fraction of sp³-hybridized carbons (Fsp3) is 0.435. The fourth-order valence-electron chi connectivity index (χ4n) is 4.18. The molecule has 7 nitrogen and oxygen atoms in total. The molecule has 1 aromatic carbocycles. The molecule has 1 amide bonds. The van der Waals surface area contributed by atoms with Gasteiger partial charge in [-0.3, -0.25) is 9.59 Å². The molecule has 31 heavy (non-hydrogen) atoms. The maximum atomic E-state index is 13.4. The second-order valence-corrected chi connectivity index (χ2v) is 9.28. The average Bonchev–Trinajstić information content (AvgIpc) is 3.52. The highest BCUT2D eigenvalue weighted by atomic mass is 32.1. The molecular weight excluding hydrogens is 412 g/mol. The molecule has 2 aromatic heterocycles. The number of hydrogen-bond acceptors (Lipinski definition) is 6. The third-order valence-corrected chi connectivity index (χ3v) is 7.00. The van der Waals surface area contributed by atoms with Gasteiger partial charge in [-0.2, -0.15) is 0 Å². The largest absolute Gasteiger partial charge is 0.497 e. The normalized spacial score (nSPS) is 18.9. The van der Waals surface area contributed by atoms with Gasteiger partial charge in [-0.05, 0) is 55.2 Å². The lowest BCUT2D eigenvalue weighted by Gasteiger charge is -2.34. The van der Waals surface area contributed by atoms with Crippen LogP contribution in [0.3, 0.4) is 0 Å². The Morgan fingerprint density at radius 1 is 1.29 bits per heavy atom. The van der Waals surface area contributed by atoms with E-state index >= 15 is 0 Å². The topological polar surface area (TPSA) is 76.5 Å². The summed E-state index contributed by atoms with van der Waals surface area (Å²) in [6.45, 7) is 2.10. The number of piperidine rings is 1. The number of ether oxygens (including phenoxy) is 1. The lowest BCUT2D eigenvalue weighted by atomic mass is 9.97. The number of aromatic nitrogens is 2. The summed E-state index contributed by atoms with van der Waals surface area (Å²) in [5.41, 5.74) is 1.32. The summed E-state index contributed by atoms with van der Waals surface area (Å²) in [6.07, 6.45) is 4.18. The summed E-state index contributed by atoms with van der Waals surface area (Å²) in [4.78, 5) is 33.1. The summed E-state index contributed by atoms with van der Waals surface area (Å²) < 4.78 is 7.66. The minimum Gasteiger partial charge on any atom is -0.497 e. The maximum absolute atomic E-state index is 13.4. The van der Waals surface area contributed by atoms with Crippen molar-refractivity contribution in [2.24, 2.45) is 11.8 Å². The van der Waals surface area contributed by atoms with Crippen LogP contribution in [0.25, 0.3) is 15.9 Å². The predicted molar refractivity (Wildman–Crippen MR) is 122 cm³/mol. The van der Waals surface area contributed by atoms with Crippen molar-refractivity contribution in [3.05, 3.63) is 46.1 Å². The molecule has 2 fully saturated rings. The van der Waals surface area contributed by atoms with Crippen molar-refractivity contribution < 1.29 is 9.53 Å². The molecule has 0 bridgehead atoms. The van der Waals surface area contributed by atoms with Gasteiger partial charge in [0.1, 0.15) is 10.4 Å². The van der Waals surface area contributed by atoms with Crippen LogP contribution in [0.1, 0.15) is 25.7 Å². The van der Waals surface area contributed by atoms with Gasteiger partial charge in [-0.15, -0.1) is 11.3 Å². The van der Waals surface area contributed by atoms with Gasteiger partial charge in [-0.1, -0.05) is 6.07 Å². The van der Waals surface area contributed by atoms with E-state index in [1.165, 1.54) is 24.2 Å². The molecule has 3 heterocycles. The summed E-state index contributed by atoms with van der Waals surface area (Å²) in [5.74, 6) is 1.94. The van der Waals surface area contributed by atoms with Gasteiger partial charge in [-0.25, -0.2) is 9.55 Å². The summed E-state index contributed by atoms with van der Waals surface area (Å²) in [7, 11) is 1.61. The van der Waals surface area contributed by atoms with Crippen molar-refractivity contribution in [3.63, 3.8) is 0 Å². The minimum atomic E-state index is -0.0960. The molecule has 2 aliphatic rings. The second-order valence-electron chi connectivity index (χ2n) is 8.36. The van der Waals surface area contributed by atoms with E-state index in [0.29, 0.717) is 40.1 Å². The zero-order valence-electron chi connectivity index (χ0n) is 17.5. The number of thiophene rings is 1. The molecule has 1 aliphatic carbocycles. The predicted octanol–water partition coefficient (Wildman–Crippen LogP) is 3.20. The van der Waals surface area contributed by atoms with E-state index in [1.807, 2.05) is 35.7 Å². The first kappa shape index (κ1) is 20.1. The van der Waals surface area contributed by atoms with Crippen molar-refractivity contribution in [2.45, 2.75) is 25.7 Å². The highest BCUT2D eigenvalue weighted by Gasteiger charge is 2.30. The van der Waals surface area contributed by atoms with Crippen LogP contribution in [0.5, 0.6) is 5.75 Å². The molecule has 162 valence electrons. The summed E-state index contributed by atoms with van der Waals surface area (Å²) in [5, 5.41) is 5.01. The van der Waals surface area contributed by atoms with E-state index < -0.39 is 0 Å². The number of anilines is 1. The Hall–Kier alpha value is -2.87. The van der Waals surface area contributed by atoms with E-state index in [1.54, 1.807) is 11.7 Å². The molecule has 1 aliphatic heterocycles. The van der Waals surface area contributed by atoms with Crippen LogP contribution in [0.2, 0.25) is 0 Å². The number of nitrogens with zero attached hydrogens (tertiary/aromatic N) is 3. The van der Waals surface area contributed by atoms with Gasteiger partial charge in [0.25, 0.3) is 5.56 Å². The standard InChI is InChI=1S/C23H26N4O3S/c1-30-18-6-2-5-17(12-18)27-22(29)20-19(9-11-31-20)25-23(27)26-10-3-4-16(14-26)21(28)24-13-15-7-8-15/h2,5-6,9,11-12,15-16H,3-4,7-8,10,13-14H2,1H3,(H,24,28)/t16-/m0/s1. The first-order chi connectivity index (χ1) is 15.1. The summed E-state index contributed by atoms with van der Waals surface area (Å²) in [6, 6.07) is 9.33. The number of carbonyl (C=O) groups excluding carboxylic acids is 1. The third kappa shape index (κ3) is 4.04. The van der Waals surface area contributed by atoms with Crippen LogP contribution in [0.4, 0.5) is 5.95 Å². The van der Waals surface area contributed by atoms with Gasteiger partial charge < -0.3 is 15.0 Å². The van der Waals surface area contributed by atoms with E-state index in [0.717, 1.165) is 25.9 Å². The van der Waals surface area contributed by atoms with Crippen LogP contribution in [-0.2, 0) is 4.79 Å². The van der Waals surface area contributed by atoms with Crippen LogP contribution in [0.15, 0.2) is 40.5 Å². The summed E-state index contributed by atoms with van der Waals surface area (Å²) >= 11 is 1.40.